The van der Waals surface area contributed by atoms with Crippen LogP contribution < -0.4 is 11.1 Å². The number of ether oxygens (including phenoxy) is 1. The van der Waals surface area contributed by atoms with Gasteiger partial charge < -0.3 is 15.8 Å². The second-order valence-electron chi connectivity index (χ2n) is 6.22. The van der Waals surface area contributed by atoms with Gasteiger partial charge in [-0.25, -0.2) is 0 Å². The Hall–Kier alpha value is -1.26. The molecule has 1 aliphatic rings. The van der Waals surface area contributed by atoms with Crippen molar-refractivity contribution in [2.24, 2.45) is 5.41 Å². The number of anilines is 1. The number of nitrogen functional groups attached to an aromatic ring is 1. The van der Waals surface area contributed by atoms with Gasteiger partial charge in [0.15, 0.2) is 0 Å². The van der Waals surface area contributed by atoms with Gasteiger partial charge in [0.25, 0.3) is 0 Å². The summed E-state index contributed by atoms with van der Waals surface area (Å²) in [7, 11) is 1.76. The lowest BCUT2D eigenvalue weighted by atomic mass is 9.58. The van der Waals surface area contributed by atoms with Crippen LogP contribution in [-0.4, -0.2) is 25.2 Å². The number of nitrogens with two attached hydrogens (primary N) is 1. The van der Waals surface area contributed by atoms with E-state index in [1.807, 2.05) is 24.3 Å². The van der Waals surface area contributed by atoms with Gasteiger partial charge in [0.1, 0.15) is 0 Å². The standard InChI is InChI=1S/C18H28N2O2.ClH/c1-4-18(5-2)15(12-16(18)22-3)20-17(21)11-10-13-8-6-7-9-14(13)19;/h6-9,15-16H,4-5,10-12,19H2,1-3H3,(H,20,21);1H. The smallest absolute Gasteiger partial charge is 0.220 e. The van der Waals surface area contributed by atoms with Crippen LogP contribution in [0.25, 0.3) is 0 Å². The summed E-state index contributed by atoms with van der Waals surface area (Å²) in [6.45, 7) is 4.36. The highest BCUT2D eigenvalue weighted by Gasteiger charge is 2.53. The molecule has 0 aliphatic heterocycles. The number of hydrogen-bond acceptors (Lipinski definition) is 3. The fourth-order valence-electron chi connectivity index (χ4n) is 3.76. The van der Waals surface area contributed by atoms with Crippen molar-refractivity contribution in [1.82, 2.24) is 5.32 Å². The quantitative estimate of drug-likeness (QED) is 0.748. The van der Waals surface area contributed by atoms with Crippen LogP contribution in [0.4, 0.5) is 5.69 Å². The minimum Gasteiger partial charge on any atom is -0.399 e. The number of hydrogen-bond donors (Lipinski definition) is 2. The highest BCUT2D eigenvalue weighted by atomic mass is 35.5. The van der Waals surface area contributed by atoms with Crippen LogP contribution >= 0.6 is 12.4 Å². The predicted octanol–water partition coefficient (Wildman–Crippen LogP) is 3.33. The summed E-state index contributed by atoms with van der Waals surface area (Å²) in [4.78, 5) is 12.3. The topological polar surface area (TPSA) is 64.4 Å². The number of rotatable bonds is 7. The van der Waals surface area contributed by atoms with E-state index in [1.165, 1.54) is 0 Å². The highest BCUT2D eigenvalue weighted by molar-refractivity contribution is 5.85. The number of nitrogens with one attached hydrogen (secondary N) is 1. The van der Waals surface area contributed by atoms with Crippen LogP contribution in [0.1, 0.15) is 45.1 Å². The van der Waals surface area contributed by atoms with E-state index >= 15 is 0 Å². The van der Waals surface area contributed by atoms with Crippen LogP contribution in [0, 0.1) is 5.41 Å². The van der Waals surface area contributed by atoms with E-state index in [0.717, 1.165) is 30.5 Å². The lowest BCUT2D eigenvalue weighted by Gasteiger charge is -2.55. The lowest BCUT2D eigenvalue weighted by Crippen LogP contribution is -2.64. The Morgan fingerprint density at radius 1 is 1.35 bits per heavy atom. The monoisotopic (exact) mass is 340 g/mol. The Balaban J connectivity index is 0.00000264. The van der Waals surface area contributed by atoms with Gasteiger partial charge in [0.05, 0.1) is 6.10 Å². The third-order valence-corrected chi connectivity index (χ3v) is 5.40. The van der Waals surface area contributed by atoms with Crippen molar-refractivity contribution in [3.05, 3.63) is 29.8 Å². The number of benzene rings is 1. The largest absolute Gasteiger partial charge is 0.399 e. The lowest BCUT2D eigenvalue weighted by molar-refractivity contribution is -0.141. The van der Waals surface area contributed by atoms with E-state index < -0.39 is 0 Å². The van der Waals surface area contributed by atoms with Crippen molar-refractivity contribution >= 4 is 24.0 Å². The molecular formula is C18H29ClN2O2. The molecule has 3 N–H and O–H groups in total. The zero-order valence-corrected chi connectivity index (χ0v) is 15.1. The molecule has 0 spiro atoms. The van der Waals surface area contributed by atoms with Gasteiger partial charge in [-0.3, -0.25) is 4.79 Å². The number of aryl methyl sites for hydroxylation is 1. The predicted molar refractivity (Wildman–Crippen MR) is 96.8 cm³/mol. The third-order valence-electron chi connectivity index (χ3n) is 5.40. The molecule has 2 atom stereocenters. The number of carbonyl (C=O) groups is 1. The summed E-state index contributed by atoms with van der Waals surface area (Å²) in [5, 5.41) is 3.20. The minimum atomic E-state index is 0. The molecule has 0 bridgehead atoms. The molecule has 1 amide bonds. The van der Waals surface area contributed by atoms with Gasteiger partial charge in [-0.2, -0.15) is 0 Å². The third kappa shape index (κ3) is 3.99. The summed E-state index contributed by atoms with van der Waals surface area (Å²) in [6.07, 6.45) is 4.39. The van der Waals surface area contributed by atoms with Crippen LogP contribution in [-0.2, 0) is 16.0 Å². The molecule has 1 saturated carbocycles. The average molecular weight is 341 g/mol. The fourth-order valence-corrected chi connectivity index (χ4v) is 3.76. The number of halogens is 1. The first kappa shape index (κ1) is 19.8. The Morgan fingerprint density at radius 2 is 2.00 bits per heavy atom. The molecule has 0 heterocycles. The van der Waals surface area contributed by atoms with Crippen molar-refractivity contribution in [2.45, 2.75) is 58.1 Å². The van der Waals surface area contributed by atoms with Gasteiger partial charge in [-0.1, -0.05) is 32.0 Å². The molecule has 0 radical (unpaired) electrons. The Bertz CT molecular complexity index is 517. The molecule has 2 unspecified atom stereocenters. The SMILES string of the molecule is CCC1(CC)C(NC(=O)CCc2ccccc2N)CC1OC.Cl. The van der Waals surface area contributed by atoms with Gasteiger partial charge in [0.2, 0.25) is 5.91 Å². The zero-order valence-electron chi connectivity index (χ0n) is 14.3. The molecule has 23 heavy (non-hydrogen) atoms. The van der Waals surface area contributed by atoms with Crippen molar-refractivity contribution < 1.29 is 9.53 Å². The van der Waals surface area contributed by atoms with Crippen molar-refractivity contribution in [2.75, 3.05) is 12.8 Å². The fraction of sp³-hybridized carbons (Fsp3) is 0.611. The maximum atomic E-state index is 12.3. The van der Waals surface area contributed by atoms with E-state index in [4.69, 9.17) is 10.5 Å². The molecule has 1 aromatic carbocycles. The summed E-state index contributed by atoms with van der Waals surface area (Å²) >= 11 is 0. The maximum Gasteiger partial charge on any atom is 0.220 e. The van der Waals surface area contributed by atoms with Crippen molar-refractivity contribution in [1.29, 1.82) is 0 Å². The van der Waals surface area contributed by atoms with E-state index in [0.29, 0.717) is 12.8 Å². The Morgan fingerprint density at radius 3 is 2.57 bits per heavy atom. The molecule has 130 valence electrons. The Labute approximate surface area is 145 Å². The number of para-hydroxylation sites is 1. The second-order valence-corrected chi connectivity index (χ2v) is 6.22. The Kier molecular flexibility index (Phi) is 7.36. The van der Waals surface area contributed by atoms with E-state index in [-0.39, 0.29) is 35.9 Å². The second kappa shape index (κ2) is 8.55. The average Bonchev–Trinajstić information content (AvgIpc) is 2.51. The first-order chi connectivity index (χ1) is 10.6. The van der Waals surface area contributed by atoms with Crippen LogP contribution in [0.15, 0.2) is 24.3 Å². The summed E-state index contributed by atoms with van der Waals surface area (Å²) in [5.41, 5.74) is 7.81. The molecule has 1 aliphatic carbocycles. The minimum absolute atomic E-state index is 0. The van der Waals surface area contributed by atoms with Gasteiger partial charge in [0, 0.05) is 30.7 Å². The normalized spacial score (nSPS) is 21.9. The van der Waals surface area contributed by atoms with Gasteiger partial charge in [-0.15, -0.1) is 12.4 Å². The summed E-state index contributed by atoms with van der Waals surface area (Å²) < 4.78 is 5.57. The number of amides is 1. The van der Waals surface area contributed by atoms with Crippen molar-refractivity contribution in [3.8, 4) is 0 Å². The first-order valence-electron chi connectivity index (χ1n) is 8.23. The van der Waals surface area contributed by atoms with E-state index in [9.17, 15) is 4.79 Å². The molecule has 0 saturated heterocycles. The van der Waals surface area contributed by atoms with Gasteiger partial charge >= 0.3 is 0 Å². The van der Waals surface area contributed by atoms with Crippen LogP contribution in [0.5, 0.6) is 0 Å². The van der Waals surface area contributed by atoms with E-state index in [1.54, 1.807) is 7.11 Å². The molecular weight excluding hydrogens is 312 g/mol. The van der Waals surface area contributed by atoms with Crippen LogP contribution in [0.2, 0.25) is 0 Å². The molecule has 1 aromatic rings. The molecule has 1 fully saturated rings. The van der Waals surface area contributed by atoms with E-state index in [2.05, 4.69) is 19.2 Å². The highest BCUT2D eigenvalue weighted by Crippen LogP contribution is 2.48. The van der Waals surface area contributed by atoms with Gasteiger partial charge in [-0.05, 0) is 37.3 Å². The molecule has 5 heteroatoms. The molecule has 4 nitrogen and oxygen atoms in total. The zero-order chi connectivity index (χ0) is 16.2. The molecule has 2 rings (SSSR count). The number of carbonyl (C=O) groups excluding carboxylic acids is 1. The molecule has 0 aromatic heterocycles. The van der Waals surface area contributed by atoms with Crippen LogP contribution in [0.3, 0.4) is 0 Å². The summed E-state index contributed by atoms with van der Waals surface area (Å²) in [5.74, 6) is 0.106. The number of methoxy groups -OCH3 is 1. The summed E-state index contributed by atoms with van der Waals surface area (Å²) in [6, 6.07) is 7.96. The van der Waals surface area contributed by atoms with Crippen molar-refractivity contribution in [3.63, 3.8) is 0 Å². The maximum absolute atomic E-state index is 12.3. The first-order valence-corrected chi connectivity index (χ1v) is 8.23.